The second-order valence-corrected chi connectivity index (χ2v) is 4.32. The van der Waals surface area contributed by atoms with Crippen LogP contribution >= 0.6 is 11.8 Å². The number of rotatable bonds is 3. The molecule has 2 N–H and O–H groups in total. The van der Waals surface area contributed by atoms with Gasteiger partial charge >= 0.3 is 0 Å². The number of nitriles is 1. The Hall–Kier alpha value is -1.05. The highest BCUT2D eigenvalue weighted by molar-refractivity contribution is 7.99. The SMILES string of the molecule is CC(N)(C#N)CSc1cccc(F)c1. The maximum absolute atomic E-state index is 12.8. The summed E-state index contributed by atoms with van der Waals surface area (Å²) in [5, 5.41) is 8.66. The molecule has 0 amide bonds. The molecule has 0 radical (unpaired) electrons. The molecule has 0 aliphatic carbocycles. The van der Waals surface area contributed by atoms with Crippen molar-refractivity contribution in [3.63, 3.8) is 0 Å². The molecule has 0 heterocycles. The zero-order valence-electron chi connectivity index (χ0n) is 7.83. The summed E-state index contributed by atoms with van der Waals surface area (Å²) in [7, 11) is 0. The van der Waals surface area contributed by atoms with Gasteiger partial charge < -0.3 is 5.73 Å². The summed E-state index contributed by atoms with van der Waals surface area (Å²) in [6.07, 6.45) is 0. The Bertz CT molecular complexity index is 357. The largest absolute Gasteiger partial charge is 0.313 e. The molecule has 4 heteroatoms. The lowest BCUT2D eigenvalue weighted by molar-refractivity contribution is 0.624. The smallest absolute Gasteiger partial charge is 0.124 e. The summed E-state index contributed by atoms with van der Waals surface area (Å²) in [5.74, 6) is 0.179. The van der Waals surface area contributed by atoms with Crippen molar-refractivity contribution in [1.82, 2.24) is 0 Å². The lowest BCUT2D eigenvalue weighted by atomic mass is 10.1. The molecule has 0 aromatic heterocycles. The average Bonchev–Trinajstić information content (AvgIpc) is 2.15. The molecule has 1 aromatic carbocycles. The minimum absolute atomic E-state index is 0.273. The molecular formula is C10H11FN2S. The van der Waals surface area contributed by atoms with E-state index in [1.54, 1.807) is 19.1 Å². The molecule has 0 bridgehead atoms. The average molecular weight is 210 g/mol. The Labute approximate surface area is 86.9 Å². The van der Waals surface area contributed by atoms with Gasteiger partial charge in [-0.05, 0) is 25.1 Å². The van der Waals surface area contributed by atoms with E-state index in [1.165, 1.54) is 23.9 Å². The number of nitrogens with zero attached hydrogens (tertiary/aromatic N) is 1. The van der Waals surface area contributed by atoms with E-state index in [1.807, 2.05) is 6.07 Å². The van der Waals surface area contributed by atoms with Gasteiger partial charge in [0, 0.05) is 10.6 Å². The fourth-order valence-corrected chi connectivity index (χ4v) is 1.72. The van der Waals surface area contributed by atoms with E-state index in [0.717, 1.165) is 4.90 Å². The molecule has 1 atom stereocenters. The number of thioether (sulfide) groups is 1. The summed E-state index contributed by atoms with van der Waals surface area (Å²) < 4.78 is 12.8. The maximum atomic E-state index is 12.8. The summed E-state index contributed by atoms with van der Waals surface area (Å²) in [4.78, 5) is 0.789. The standard InChI is InChI=1S/C10H11FN2S/c1-10(13,6-12)7-14-9-4-2-3-8(11)5-9/h2-5H,7,13H2,1H3. The fourth-order valence-electron chi connectivity index (χ4n) is 0.822. The molecule has 74 valence electrons. The molecule has 0 saturated carbocycles. The Balaban J connectivity index is 2.59. The fraction of sp³-hybridized carbons (Fsp3) is 0.300. The predicted molar refractivity (Wildman–Crippen MR) is 55.3 cm³/mol. The van der Waals surface area contributed by atoms with Crippen molar-refractivity contribution >= 4 is 11.8 Å². The van der Waals surface area contributed by atoms with Gasteiger partial charge in [-0.2, -0.15) is 5.26 Å². The first-order valence-corrected chi connectivity index (χ1v) is 5.10. The van der Waals surface area contributed by atoms with Crippen LogP contribution in [0.5, 0.6) is 0 Å². The van der Waals surface area contributed by atoms with E-state index in [2.05, 4.69) is 0 Å². The first-order valence-electron chi connectivity index (χ1n) is 4.12. The second-order valence-electron chi connectivity index (χ2n) is 3.28. The zero-order chi connectivity index (χ0) is 10.6. The Kier molecular flexibility index (Phi) is 3.50. The Morgan fingerprint density at radius 2 is 2.36 bits per heavy atom. The van der Waals surface area contributed by atoms with Gasteiger partial charge in [0.2, 0.25) is 0 Å². The van der Waals surface area contributed by atoms with Gasteiger partial charge in [0.25, 0.3) is 0 Å². The first-order chi connectivity index (χ1) is 6.53. The maximum Gasteiger partial charge on any atom is 0.124 e. The summed E-state index contributed by atoms with van der Waals surface area (Å²) in [6.45, 7) is 1.65. The van der Waals surface area contributed by atoms with E-state index >= 15 is 0 Å². The van der Waals surface area contributed by atoms with E-state index in [9.17, 15) is 4.39 Å². The summed E-state index contributed by atoms with van der Waals surface area (Å²) in [6, 6.07) is 8.23. The topological polar surface area (TPSA) is 49.8 Å². The van der Waals surface area contributed by atoms with Gasteiger partial charge in [-0.15, -0.1) is 11.8 Å². The van der Waals surface area contributed by atoms with Crippen LogP contribution in [-0.4, -0.2) is 11.3 Å². The van der Waals surface area contributed by atoms with E-state index < -0.39 is 5.54 Å². The van der Waals surface area contributed by atoms with Crippen molar-refractivity contribution in [1.29, 1.82) is 5.26 Å². The van der Waals surface area contributed by atoms with Crippen molar-refractivity contribution in [3.8, 4) is 6.07 Å². The van der Waals surface area contributed by atoms with Gasteiger partial charge in [0.05, 0.1) is 6.07 Å². The molecule has 14 heavy (non-hydrogen) atoms. The van der Waals surface area contributed by atoms with Crippen LogP contribution in [-0.2, 0) is 0 Å². The normalized spacial score (nSPS) is 14.4. The molecule has 1 aromatic rings. The van der Waals surface area contributed by atoms with Crippen LogP contribution in [0.1, 0.15) is 6.92 Å². The highest BCUT2D eigenvalue weighted by atomic mass is 32.2. The van der Waals surface area contributed by atoms with Crippen molar-refractivity contribution in [2.24, 2.45) is 5.73 Å². The summed E-state index contributed by atoms with van der Waals surface area (Å²) >= 11 is 1.38. The second kappa shape index (κ2) is 4.45. The molecule has 0 aliphatic heterocycles. The minimum Gasteiger partial charge on any atom is -0.313 e. The zero-order valence-corrected chi connectivity index (χ0v) is 8.64. The van der Waals surface area contributed by atoms with Crippen LogP contribution in [0.3, 0.4) is 0 Å². The molecule has 1 rings (SSSR count). The third kappa shape index (κ3) is 3.36. The van der Waals surface area contributed by atoms with Gasteiger partial charge in [0.1, 0.15) is 11.4 Å². The van der Waals surface area contributed by atoms with Crippen LogP contribution in [0.4, 0.5) is 4.39 Å². The van der Waals surface area contributed by atoms with E-state index in [-0.39, 0.29) is 5.82 Å². The predicted octanol–water partition coefficient (Wildman–Crippen LogP) is 2.16. The van der Waals surface area contributed by atoms with E-state index in [4.69, 9.17) is 11.0 Å². The van der Waals surface area contributed by atoms with Crippen molar-refractivity contribution < 1.29 is 4.39 Å². The lowest BCUT2D eigenvalue weighted by Gasteiger charge is -2.13. The minimum atomic E-state index is -0.864. The third-order valence-electron chi connectivity index (χ3n) is 1.59. The molecule has 1 unspecified atom stereocenters. The monoisotopic (exact) mass is 210 g/mol. The van der Waals surface area contributed by atoms with Crippen LogP contribution in [0.15, 0.2) is 29.2 Å². The summed E-state index contributed by atoms with van der Waals surface area (Å²) in [5.41, 5.74) is 4.76. The first kappa shape index (κ1) is 11.0. The van der Waals surface area contributed by atoms with Crippen LogP contribution < -0.4 is 5.73 Å². The van der Waals surface area contributed by atoms with Crippen molar-refractivity contribution in [2.75, 3.05) is 5.75 Å². The number of benzene rings is 1. The molecule has 2 nitrogen and oxygen atoms in total. The van der Waals surface area contributed by atoms with Gasteiger partial charge in [-0.1, -0.05) is 6.07 Å². The highest BCUT2D eigenvalue weighted by Gasteiger charge is 2.17. The van der Waals surface area contributed by atoms with Crippen LogP contribution in [0, 0.1) is 17.1 Å². The molecule has 0 spiro atoms. The Morgan fingerprint density at radius 3 is 2.93 bits per heavy atom. The molecule has 0 aliphatic rings. The number of nitrogens with two attached hydrogens (primary N) is 1. The number of hydrogen-bond acceptors (Lipinski definition) is 3. The molecule has 0 fully saturated rings. The van der Waals surface area contributed by atoms with E-state index in [0.29, 0.717) is 5.75 Å². The lowest BCUT2D eigenvalue weighted by Crippen LogP contribution is -2.36. The van der Waals surface area contributed by atoms with Crippen LogP contribution in [0.2, 0.25) is 0 Å². The molecule has 0 saturated heterocycles. The van der Waals surface area contributed by atoms with Gasteiger partial charge in [-0.3, -0.25) is 0 Å². The third-order valence-corrected chi connectivity index (χ3v) is 2.92. The number of hydrogen-bond donors (Lipinski definition) is 1. The quantitative estimate of drug-likeness (QED) is 0.778. The molecular weight excluding hydrogens is 199 g/mol. The van der Waals surface area contributed by atoms with Crippen molar-refractivity contribution in [3.05, 3.63) is 30.1 Å². The number of halogens is 1. The van der Waals surface area contributed by atoms with Crippen LogP contribution in [0.25, 0.3) is 0 Å². The van der Waals surface area contributed by atoms with Crippen molar-refractivity contribution in [2.45, 2.75) is 17.4 Å². The van der Waals surface area contributed by atoms with Gasteiger partial charge in [-0.25, -0.2) is 4.39 Å². The van der Waals surface area contributed by atoms with Gasteiger partial charge in [0.15, 0.2) is 0 Å². The highest BCUT2D eigenvalue weighted by Crippen LogP contribution is 2.21. The Morgan fingerprint density at radius 1 is 1.64 bits per heavy atom.